The topological polar surface area (TPSA) is 53.6 Å². The molecule has 1 aromatic carbocycles. The molecule has 0 bridgehead atoms. The Kier molecular flexibility index (Phi) is 5.08. The lowest BCUT2D eigenvalue weighted by atomic mass is 10.0. The fourth-order valence-electron chi connectivity index (χ4n) is 2.57. The van der Waals surface area contributed by atoms with E-state index in [0.29, 0.717) is 6.04 Å². The summed E-state index contributed by atoms with van der Waals surface area (Å²) in [5, 5.41) is 6.28. The van der Waals surface area contributed by atoms with Crippen LogP contribution in [0, 0.1) is 6.92 Å². The number of hydrogen-bond acceptors (Lipinski definition) is 4. The third-order valence-electron chi connectivity index (χ3n) is 3.79. The monoisotopic (exact) mass is 305 g/mol. The van der Waals surface area contributed by atoms with Crippen molar-refractivity contribution in [2.75, 3.05) is 32.0 Å². The van der Waals surface area contributed by atoms with Gasteiger partial charge in [0.2, 0.25) is 0 Å². The van der Waals surface area contributed by atoms with Gasteiger partial charge in [-0.1, -0.05) is 12.1 Å². The number of anilines is 1. The lowest BCUT2D eigenvalue weighted by Gasteiger charge is -2.33. The van der Waals surface area contributed by atoms with Gasteiger partial charge in [-0.25, -0.2) is 4.79 Å². The van der Waals surface area contributed by atoms with Crippen molar-refractivity contribution >= 4 is 11.8 Å². The van der Waals surface area contributed by atoms with Gasteiger partial charge in [-0.2, -0.15) is 0 Å². The second kappa shape index (κ2) is 6.67. The predicted molar refractivity (Wildman–Crippen MR) is 89.3 cm³/mol. The molecule has 22 heavy (non-hydrogen) atoms. The van der Waals surface area contributed by atoms with Crippen LogP contribution in [0.15, 0.2) is 18.2 Å². The van der Waals surface area contributed by atoms with E-state index in [1.54, 1.807) is 0 Å². The average Bonchev–Trinajstić information content (AvgIpc) is 2.40. The Morgan fingerprint density at radius 2 is 2.14 bits per heavy atom. The van der Waals surface area contributed by atoms with Crippen molar-refractivity contribution in [3.8, 4) is 0 Å². The SMILES string of the molecule is Cc1ccc(C2CNCCN2C)cc1NC(=O)OC(C)(C)C. The van der Waals surface area contributed by atoms with Gasteiger partial charge in [-0.3, -0.25) is 10.2 Å². The molecule has 5 nitrogen and oxygen atoms in total. The Morgan fingerprint density at radius 1 is 1.41 bits per heavy atom. The van der Waals surface area contributed by atoms with Gasteiger partial charge in [0.05, 0.1) is 0 Å². The second-order valence-corrected chi connectivity index (χ2v) is 6.90. The van der Waals surface area contributed by atoms with E-state index in [2.05, 4.69) is 28.6 Å². The quantitative estimate of drug-likeness (QED) is 0.882. The molecule has 0 saturated carbocycles. The van der Waals surface area contributed by atoms with E-state index in [0.717, 1.165) is 30.9 Å². The highest BCUT2D eigenvalue weighted by atomic mass is 16.6. The van der Waals surface area contributed by atoms with Gasteiger partial charge in [0.15, 0.2) is 0 Å². The lowest BCUT2D eigenvalue weighted by molar-refractivity contribution is 0.0636. The van der Waals surface area contributed by atoms with Crippen LogP contribution in [0.3, 0.4) is 0 Å². The molecule has 2 rings (SSSR count). The number of amides is 1. The van der Waals surface area contributed by atoms with Crippen LogP contribution in [0.4, 0.5) is 10.5 Å². The van der Waals surface area contributed by atoms with Crippen LogP contribution in [-0.2, 0) is 4.74 Å². The van der Waals surface area contributed by atoms with E-state index < -0.39 is 11.7 Å². The van der Waals surface area contributed by atoms with Crippen molar-refractivity contribution < 1.29 is 9.53 Å². The summed E-state index contributed by atoms with van der Waals surface area (Å²) in [6.07, 6.45) is -0.414. The molecule has 1 aliphatic rings. The third-order valence-corrected chi connectivity index (χ3v) is 3.79. The summed E-state index contributed by atoms with van der Waals surface area (Å²) in [5.74, 6) is 0. The Morgan fingerprint density at radius 3 is 2.77 bits per heavy atom. The highest BCUT2D eigenvalue weighted by Gasteiger charge is 2.22. The molecule has 0 aliphatic carbocycles. The van der Waals surface area contributed by atoms with Gasteiger partial charge in [0.25, 0.3) is 0 Å². The molecule has 0 radical (unpaired) electrons. The number of benzene rings is 1. The van der Waals surface area contributed by atoms with Crippen LogP contribution in [0.1, 0.15) is 37.9 Å². The summed E-state index contributed by atoms with van der Waals surface area (Å²) in [6.45, 7) is 10.5. The number of likely N-dealkylation sites (N-methyl/N-ethyl adjacent to an activating group) is 1. The summed E-state index contributed by atoms with van der Waals surface area (Å²) in [4.78, 5) is 14.3. The fraction of sp³-hybridized carbons (Fsp3) is 0.588. The molecule has 1 aliphatic heterocycles. The third kappa shape index (κ3) is 4.45. The molecule has 0 aromatic heterocycles. The number of nitrogens with one attached hydrogen (secondary N) is 2. The van der Waals surface area contributed by atoms with Gasteiger partial charge in [0, 0.05) is 31.4 Å². The molecule has 1 atom stereocenters. The zero-order chi connectivity index (χ0) is 16.3. The van der Waals surface area contributed by atoms with Crippen molar-refractivity contribution in [2.24, 2.45) is 0 Å². The summed E-state index contributed by atoms with van der Waals surface area (Å²) < 4.78 is 5.33. The lowest BCUT2D eigenvalue weighted by Crippen LogP contribution is -2.43. The van der Waals surface area contributed by atoms with Crippen LogP contribution in [0.2, 0.25) is 0 Å². The molecular formula is C17H27N3O2. The minimum absolute atomic E-state index is 0.327. The van der Waals surface area contributed by atoms with Gasteiger partial charge >= 0.3 is 6.09 Å². The molecule has 122 valence electrons. The van der Waals surface area contributed by atoms with Crippen LogP contribution < -0.4 is 10.6 Å². The average molecular weight is 305 g/mol. The standard InChI is InChI=1S/C17H27N3O2/c1-12-6-7-13(15-11-18-8-9-20(15)5)10-14(12)19-16(21)22-17(2,3)4/h6-7,10,15,18H,8-9,11H2,1-5H3,(H,19,21). The first-order valence-corrected chi connectivity index (χ1v) is 7.78. The highest BCUT2D eigenvalue weighted by Crippen LogP contribution is 2.26. The summed E-state index contributed by atoms with van der Waals surface area (Å²) >= 11 is 0. The van der Waals surface area contributed by atoms with Crippen molar-refractivity contribution in [3.05, 3.63) is 29.3 Å². The largest absolute Gasteiger partial charge is 0.444 e. The molecule has 1 aromatic rings. The van der Waals surface area contributed by atoms with Gasteiger partial charge in [-0.15, -0.1) is 0 Å². The molecule has 5 heteroatoms. The van der Waals surface area contributed by atoms with Gasteiger partial charge in [0.1, 0.15) is 5.60 Å². The number of ether oxygens (including phenoxy) is 1. The Labute approximate surface area is 133 Å². The zero-order valence-corrected chi connectivity index (χ0v) is 14.2. The maximum atomic E-state index is 12.0. The van der Waals surface area contributed by atoms with E-state index in [9.17, 15) is 4.79 Å². The normalized spacial score (nSPS) is 19.8. The van der Waals surface area contributed by atoms with Crippen molar-refractivity contribution in [1.82, 2.24) is 10.2 Å². The summed E-state index contributed by atoms with van der Waals surface area (Å²) in [6, 6.07) is 6.55. The Hall–Kier alpha value is -1.59. The summed E-state index contributed by atoms with van der Waals surface area (Å²) in [7, 11) is 2.13. The number of carbonyl (C=O) groups excluding carboxylic acids is 1. The van der Waals surface area contributed by atoms with Crippen LogP contribution in [-0.4, -0.2) is 43.3 Å². The number of carbonyl (C=O) groups is 1. The first-order chi connectivity index (χ1) is 10.3. The molecular weight excluding hydrogens is 278 g/mol. The van der Waals surface area contributed by atoms with E-state index in [1.165, 1.54) is 5.56 Å². The smallest absolute Gasteiger partial charge is 0.412 e. The zero-order valence-electron chi connectivity index (χ0n) is 14.2. The highest BCUT2D eigenvalue weighted by molar-refractivity contribution is 5.86. The van der Waals surface area contributed by atoms with Gasteiger partial charge in [-0.05, 0) is 51.9 Å². The second-order valence-electron chi connectivity index (χ2n) is 6.90. The molecule has 1 amide bonds. The summed E-state index contributed by atoms with van der Waals surface area (Å²) in [5.41, 5.74) is 2.54. The number of aryl methyl sites for hydroxylation is 1. The first-order valence-electron chi connectivity index (χ1n) is 7.78. The van der Waals surface area contributed by atoms with E-state index in [1.807, 2.05) is 39.8 Å². The predicted octanol–water partition coefficient (Wildman–Crippen LogP) is 2.92. The van der Waals surface area contributed by atoms with Crippen LogP contribution in [0.5, 0.6) is 0 Å². The van der Waals surface area contributed by atoms with Crippen LogP contribution >= 0.6 is 0 Å². The van der Waals surface area contributed by atoms with E-state index >= 15 is 0 Å². The number of hydrogen-bond donors (Lipinski definition) is 2. The maximum absolute atomic E-state index is 12.0. The Balaban J connectivity index is 2.14. The first kappa shape index (κ1) is 16.8. The maximum Gasteiger partial charge on any atom is 0.412 e. The molecule has 1 saturated heterocycles. The molecule has 2 N–H and O–H groups in total. The minimum atomic E-state index is -0.497. The van der Waals surface area contributed by atoms with E-state index in [4.69, 9.17) is 4.74 Å². The van der Waals surface area contributed by atoms with Gasteiger partial charge < -0.3 is 10.1 Å². The van der Waals surface area contributed by atoms with Crippen molar-refractivity contribution in [2.45, 2.75) is 39.3 Å². The number of piperazine rings is 1. The molecule has 0 spiro atoms. The fourth-order valence-corrected chi connectivity index (χ4v) is 2.57. The number of nitrogens with zero attached hydrogens (tertiary/aromatic N) is 1. The van der Waals surface area contributed by atoms with Crippen LogP contribution in [0.25, 0.3) is 0 Å². The molecule has 1 unspecified atom stereocenters. The van der Waals surface area contributed by atoms with E-state index in [-0.39, 0.29) is 0 Å². The van der Waals surface area contributed by atoms with Crippen molar-refractivity contribution in [1.29, 1.82) is 0 Å². The molecule has 1 fully saturated rings. The number of rotatable bonds is 2. The molecule has 1 heterocycles. The minimum Gasteiger partial charge on any atom is -0.444 e. The van der Waals surface area contributed by atoms with Crippen molar-refractivity contribution in [3.63, 3.8) is 0 Å². The Bertz CT molecular complexity index is 537.